The highest BCUT2D eigenvalue weighted by atomic mass is 32.1. The molecule has 1 N–H and O–H groups in total. The molecule has 0 fully saturated rings. The molecule has 1 aromatic carbocycles. The molecular weight excluding hydrogens is 250 g/mol. The first-order valence-corrected chi connectivity index (χ1v) is 6.27. The van der Waals surface area contributed by atoms with Crippen molar-refractivity contribution in [3.63, 3.8) is 0 Å². The monoisotopic (exact) mass is 265 g/mol. The van der Waals surface area contributed by atoms with Crippen molar-refractivity contribution in [3.8, 4) is 11.5 Å². The first kappa shape index (κ1) is 12.6. The highest BCUT2D eigenvalue weighted by molar-refractivity contribution is 7.09. The van der Waals surface area contributed by atoms with Gasteiger partial charge in [-0.05, 0) is 25.1 Å². The molecule has 1 heterocycles. The highest BCUT2D eigenvalue weighted by Crippen LogP contribution is 2.31. The van der Waals surface area contributed by atoms with Crippen LogP contribution in [0.25, 0.3) is 0 Å². The minimum absolute atomic E-state index is 0.0808. The number of hydrogen-bond acceptors (Lipinski definition) is 6. The smallest absolute Gasteiger partial charge is 0.130 e. The van der Waals surface area contributed by atoms with E-state index in [4.69, 9.17) is 9.47 Å². The van der Waals surface area contributed by atoms with Crippen LogP contribution < -0.4 is 14.8 Å². The standard InChI is InChI=1S/C12H15N3O2S/c1-8(14-12-7-13-15-18-12)10-6-9(16-2)4-5-11(10)17-3/h4-8,14H,1-3H3. The average Bonchev–Trinajstić information content (AvgIpc) is 2.90. The SMILES string of the molecule is COc1ccc(OC)c(C(C)Nc2cnns2)c1. The van der Waals surface area contributed by atoms with Crippen molar-refractivity contribution in [3.05, 3.63) is 30.0 Å². The fourth-order valence-corrected chi connectivity index (χ4v) is 2.21. The summed E-state index contributed by atoms with van der Waals surface area (Å²) in [5, 5.41) is 8.04. The molecule has 96 valence electrons. The Morgan fingerprint density at radius 3 is 2.72 bits per heavy atom. The predicted molar refractivity (Wildman–Crippen MR) is 71.5 cm³/mol. The van der Waals surface area contributed by atoms with Crippen LogP contribution in [0, 0.1) is 0 Å². The molecular formula is C12H15N3O2S. The molecule has 2 rings (SSSR count). The predicted octanol–water partition coefficient (Wildman–Crippen LogP) is 2.73. The maximum atomic E-state index is 5.36. The van der Waals surface area contributed by atoms with Gasteiger partial charge in [-0.3, -0.25) is 0 Å². The lowest BCUT2D eigenvalue weighted by molar-refractivity contribution is 0.397. The van der Waals surface area contributed by atoms with E-state index in [0.29, 0.717) is 0 Å². The van der Waals surface area contributed by atoms with Crippen LogP contribution in [0.1, 0.15) is 18.5 Å². The zero-order valence-electron chi connectivity index (χ0n) is 10.5. The van der Waals surface area contributed by atoms with Crippen LogP contribution in [-0.2, 0) is 0 Å². The summed E-state index contributed by atoms with van der Waals surface area (Å²) in [5.41, 5.74) is 1.03. The number of ether oxygens (including phenoxy) is 2. The maximum absolute atomic E-state index is 5.36. The lowest BCUT2D eigenvalue weighted by atomic mass is 10.1. The van der Waals surface area contributed by atoms with Crippen molar-refractivity contribution >= 4 is 16.5 Å². The summed E-state index contributed by atoms with van der Waals surface area (Å²) in [6.07, 6.45) is 1.70. The number of aromatic nitrogens is 2. The summed E-state index contributed by atoms with van der Waals surface area (Å²) < 4.78 is 14.4. The Morgan fingerprint density at radius 2 is 2.11 bits per heavy atom. The van der Waals surface area contributed by atoms with Crippen LogP contribution in [0.3, 0.4) is 0 Å². The second-order valence-corrected chi connectivity index (χ2v) is 4.54. The summed E-state index contributed by atoms with van der Waals surface area (Å²) >= 11 is 1.33. The third-order valence-corrected chi connectivity index (χ3v) is 3.22. The van der Waals surface area contributed by atoms with Gasteiger partial charge in [0, 0.05) is 17.1 Å². The zero-order valence-corrected chi connectivity index (χ0v) is 11.3. The van der Waals surface area contributed by atoms with E-state index in [1.165, 1.54) is 11.5 Å². The zero-order chi connectivity index (χ0) is 13.0. The second kappa shape index (κ2) is 5.68. The molecule has 0 aliphatic rings. The molecule has 0 saturated heterocycles. The topological polar surface area (TPSA) is 56.3 Å². The summed E-state index contributed by atoms with van der Waals surface area (Å²) in [7, 11) is 3.31. The Morgan fingerprint density at radius 1 is 1.28 bits per heavy atom. The van der Waals surface area contributed by atoms with Crippen molar-refractivity contribution in [1.82, 2.24) is 9.59 Å². The van der Waals surface area contributed by atoms with E-state index >= 15 is 0 Å². The summed E-state index contributed by atoms with van der Waals surface area (Å²) in [4.78, 5) is 0. The Hall–Kier alpha value is -1.82. The van der Waals surface area contributed by atoms with Crippen molar-refractivity contribution in [2.24, 2.45) is 0 Å². The van der Waals surface area contributed by atoms with Crippen LogP contribution >= 0.6 is 11.5 Å². The number of anilines is 1. The van der Waals surface area contributed by atoms with Gasteiger partial charge >= 0.3 is 0 Å². The molecule has 0 aliphatic heterocycles. The summed E-state index contributed by atoms with van der Waals surface area (Å²) in [6, 6.07) is 5.82. The molecule has 5 nitrogen and oxygen atoms in total. The Bertz CT molecular complexity index is 502. The molecule has 0 bridgehead atoms. The van der Waals surface area contributed by atoms with Gasteiger partial charge in [-0.15, -0.1) is 5.10 Å². The molecule has 1 atom stereocenters. The van der Waals surface area contributed by atoms with Gasteiger partial charge in [-0.1, -0.05) is 4.49 Å². The number of methoxy groups -OCH3 is 2. The van der Waals surface area contributed by atoms with Gasteiger partial charge in [0.05, 0.1) is 26.5 Å². The van der Waals surface area contributed by atoms with Gasteiger partial charge < -0.3 is 14.8 Å². The average molecular weight is 265 g/mol. The molecule has 1 aromatic heterocycles. The molecule has 0 amide bonds. The maximum Gasteiger partial charge on any atom is 0.130 e. The van der Waals surface area contributed by atoms with Crippen LogP contribution in [-0.4, -0.2) is 23.8 Å². The van der Waals surface area contributed by atoms with Gasteiger partial charge in [0.15, 0.2) is 0 Å². The van der Waals surface area contributed by atoms with E-state index in [1.54, 1.807) is 20.4 Å². The Balaban J connectivity index is 2.24. The fourth-order valence-electron chi connectivity index (χ4n) is 1.70. The second-order valence-electron chi connectivity index (χ2n) is 3.76. The van der Waals surface area contributed by atoms with E-state index < -0.39 is 0 Å². The fraction of sp³-hybridized carbons (Fsp3) is 0.333. The quantitative estimate of drug-likeness (QED) is 0.900. The molecule has 6 heteroatoms. The van der Waals surface area contributed by atoms with Gasteiger partial charge in [0.1, 0.15) is 16.5 Å². The van der Waals surface area contributed by atoms with Gasteiger partial charge in [-0.2, -0.15) is 0 Å². The third kappa shape index (κ3) is 2.70. The van der Waals surface area contributed by atoms with Crippen molar-refractivity contribution in [2.45, 2.75) is 13.0 Å². The number of benzene rings is 1. The van der Waals surface area contributed by atoms with Crippen molar-refractivity contribution in [1.29, 1.82) is 0 Å². The lowest BCUT2D eigenvalue weighted by Gasteiger charge is -2.17. The summed E-state index contributed by atoms with van der Waals surface area (Å²) in [5.74, 6) is 1.63. The van der Waals surface area contributed by atoms with E-state index in [-0.39, 0.29) is 6.04 Å². The Labute approximate surface area is 110 Å². The highest BCUT2D eigenvalue weighted by Gasteiger charge is 2.13. The van der Waals surface area contributed by atoms with E-state index in [2.05, 4.69) is 21.8 Å². The van der Waals surface area contributed by atoms with E-state index in [0.717, 1.165) is 22.1 Å². The third-order valence-electron chi connectivity index (χ3n) is 2.62. The van der Waals surface area contributed by atoms with E-state index in [1.807, 2.05) is 18.2 Å². The first-order valence-electron chi connectivity index (χ1n) is 5.50. The molecule has 0 spiro atoms. The van der Waals surface area contributed by atoms with Crippen LogP contribution in [0.4, 0.5) is 5.00 Å². The largest absolute Gasteiger partial charge is 0.497 e. The number of nitrogens with one attached hydrogen (secondary N) is 1. The van der Waals surface area contributed by atoms with Crippen LogP contribution in [0.15, 0.2) is 24.4 Å². The number of nitrogens with zero attached hydrogens (tertiary/aromatic N) is 2. The first-order chi connectivity index (χ1) is 8.74. The minimum atomic E-state index is 0.0808. The lowest BCUT2D eigenvalue weighted by Crippen LogP contribution is -2.07. The van der Waals surface area contributed by atoms with Gasteiger partial charge in [0.2, 0.25) is 0 Å². The van der Waals surface area contributed by atoms with Crippen molar-refractivity contribution in [2.75, 3.05) is 19.5 Å². The molecule has 0 aliphatic carbocycles. The van der Waals surface area contributed by atoms with Crippen LogP contribution in [0.5, 0.6) is 11.5 Å². The number of hydrogen-bond donors (Lipinski definition) is 1. The molecule has 2 aromatic rings. The number of rotatable bonds is 5. The molecule has 1 unspecified atom stereocenters. The normalized spacial score (nSPS) is 11.9. The van der Waals surface area contributed by atoms with Crippen molar-refractivity contribution < 1.29 is 9.47 Å². The van der Waals surface area contributed by atoms with Gasteiger partial charge in [0.25, 0.3) is 0 Å². The van der Waals surface area contributed by atoms with Crippen LogP contribution in [0.2, 0.25) is 0 Å². The van der Waals surface area contributed by atoms with Gasteiger partial charge in [-0.25, -0.2) is 0 Å². The molecule has 0 saturated carbocycles. The summed E-state index contributed by atoms with van der Waals surface area (Å²) in [6.45, 7) is 2.05. The van der Waals surface area contributed by atoms with E-state index in [9.17, 15) is 0 Å². The molecule has 18 heavy (non-hydrogen) atoms. The molecule has 0 radical (unpaired) electrons. The minimum Gasteiger partial charge on any atom is -0.497 e. The Kier molecular flexibility index (Phi) is 3.99.